The summed E-state index contributed by atoms with van der Waals surface area (Å²) in [6.45, 7) is 5.98. The van der Waals surface area contributed by atoms with Gasteiger partial charge < -0.3 is 10.1 Å². The van der Waals surface area contributed by atoms with E-state index in [0.29, 0.717) is 0 Å². The van der Waals surface area contributed by atoms with Crippen molar-refractivity contribution in [3.8, 4) is 0 Å². The molecule has 0 radical (unpaired) electrons. The second kappa shape index (κ2) is 5.46. The summed E-state index contributed by atoms with van der Waals surface area (Å²) < 4.78 is 5.12. The largest absolute Gasteiger partial charge is 0.383 e. The van der Waals surface area contributed by atoms with Crippen LogP contribution in [0.1, 0.15) is 36.9 Å². The third-order valence-corrected chi connectivity index (χ3v) is 4.53. The monoisotopic (exact) mass is 254 g/mol. The number of thiazole rings is 1. The standard InChI is InChI=1S/C13H22N2OS/c1-10-9-17-12(15-10)13(2,8-11-4-5-11)14-6-7-16-3/h9,11,14H,4-8H2,1-3H3. The summed E-state index contributed by atoms with van der Waals surface area (Å²) in [7, 11) is 1.74. The Morgan fingerprint density at radius 3 is 2.88 bits per heavy atom. The summed E-state index contributed by atoms with van der Waals surface area (Å²) in [4.78, 5) is 4.66. The molecule has 0 bridgehead atoms. The molecule has 1 aliphatic rings. The molecule has 1 aliphatic carbocycles. The SMILES string of the molecule is COCCNC(C)(CC1CC1)c1nc(C)cs1. The topological polar surface area (TPSA) is 34.1 Å². The Kier molecular flexibility index (Phi) is 4.17. The Bertz CT molecular complexity index is 362. The fourth-order valence-corrected chi connectivity index (χ4v) is 3.12. The van der Waals surface area contributed by atoms with Crippen LogP contribution in [0.3, 0.4) is 0 Å². The van der Waals surface area contributed by atoms with E-state index in [2.05, 4.69) is 29.5 Å². The molecule has 0 amide bonds. The molecule has 1 unspecified atom stereocenters. The van der Waals surface area contributed by atoms with Gasteiger partial charge in [0.25, 0.3) is 0 Å². The quantitative estimate of drug-likeness (QED) is 0.760. The van der Waals surface area contributed by atoms with Gasteiger partial charge in [0.15, 0.2) is 0 Å². The maximum atomic E-state index is 5.12. The third-order valence-electron chi connectivity index (χ3n) is 3.31. The Morgan fingerprint density at radius 2 is 2.35 bits per heavy atom. The van der Waals surface area contributed by atoms with E-state index in [-0.39, 0.29) is 5.54 Å². The molecule has 1 N–H and O–H groups in total. The number of rotatable bonds is 7. The second-order valence-electron chi connectivity index (χ2n) is 5.19. The fraction of sp³-hybridized carbons (Fsp3) is 0.769. The van der Waals surface area contributed by atoms with Crippen LogP contribution >= 0.6 is 11.3 Å². The highest BCUT2D eigenvalue weighted by Crippen LogP contribution is 2.41. The molecule has 0 aromatic carbocycles. The highest BCUT2D eigenvalue weighted by molar-refractivity contribution is 7.09. The molecule has 0 saturated heterocycles. The van der Waals surface area contributed by atoms with E-state index < -0.39 is 0 Å². The summed E-state index contributed by atoms with van der Waals surface area (Å²) in [5.41, 5.74) is 1.15. The Hall–Kier alpha value is -0.450. The zero-order valence-electron chi connectivity index (χ0n) is 11.0. The molecule has 96 valence electrons. The average molecular weight is 254 g/mol. The minimum absolute atomic E-state index is 0.0264. The van der Waals surface area contributed by atoms with Crippen molar-refractivity contribution in [3.05, 3.63) is 16.1 Å². The molecule has 1 aromatic rings. The van der Waals surface area contributed by atoms with Gasteiger partial charge in [-0.25, -0.2) is 4.98 Å². The first-order valence-electron chi connectivity index (χ1n) is 6.30. The lowest BCUT2D eigenvalue weighted by molar-refractivity contribution is 0.182. The number of aromatic nitrogens is 1. The van der Waals surface area contributed by atoms with Crippen LogP contribution in [0.2, 0.25) is 0 Å². The van der Waals surface area contributed by atoms with Crippen molar-refractivity contribution in [2.75, 3.05) is 20.3 Å². The van der Waals surface area contributed by atoms with Crippen molar-refractivity contribution in [1.82, 2.24) is 10.3 Å². The molecule has 2 rings (SSSR count). The Balaban J connectivity index is 2.04. The molecule has 3 nitrogen and oxygen atoms in total. The van der Waals surface area contributed by atoms with Gasteiger partial charge in [-0.2, -0.15) is 0 Å². The Labute approximate surface area is 108 Å². The molecule has 1 saturated carbocycles. The molecular formula is C13H22N2OS. The maximum absolute atomic E-state index is 5.12. The highest BCUT2D eigenvalue weighted by atomic mass is 32.1. The van der Waals surface area contributed by atoms with Gasteiger partial charge in [-0.15, -0.1) is 11.3 Å². The van der Waals surface area contributed by atoms with Crippen LogP contribution in [0.25, 0.3) is 0 Å². The fourth-order valence-electron chi connectivity index (χ4n) is 2.17. The van der Waals surface area contributed by atoms with Crippen LogP contribution < -0.4 is 5.32 Å². The van der Waals surface area contributed by atoms with E-state index in [4.69, 9.17) is 4.74 Å². The molecule has 0 aliphatic heterocycles. The Morgan fingerprint density at radius 1 is 1.59 bits per heavy atom. The summed E-state index contributed by atoms with van der Waals surface area (Å²) in [5.74, 6) is 0.888. The number of nitrogens with one attached hydrogen (secondary N) is 1. The molecule has 1 atom stereocenters. The summed E-state index contributed by atoms with van der Waals surface area (Å²) in [6.07, 6.45) is 3.96. The van der Waals surface area contributed by atoms with Crippen molar-refractivity contribution in [3.63, 3.8) is 0 Å². The zero-order valence-corrected chi connectivity index (χ0v) is 11.8. The van der Waals surface area contributed by atoms with E-state index in [9.17, 15) is 0 Å². The first-order chi connectivity index (χ1) is 8.14. The van der Waals surface area contributed by atoms with Crippen LogP contribution in [-0.2, 0) is 10.3 Å². The predicted molar refractivity (Wildman–Crippen MR) is 71.4 cm³/mol. The van der Waals surface area contributed by atoms with Gasteiger partial charge in [-0.3, -0.25) is 0 Å². The van der Waals surface area contributed by atoms with Gasteiger partial charge in [-0.1, -0.05) is 12.8 Å². The molecule has 1 heterocycles. The molecule has 1 fully saturated rings. The van der Waals surface area contributed by atoms with Crippen LogP contribution in [0.15, 0.2) is 5.38 Å². The highest BCUT2D eigenvalue weighted by Gasteiger charge is 2.36. The van der Waals surface area contributed by atoms with Gasteiger partial charge in [0, 0.05) is 24.7 Å². The third kappa shape index (κ3) is 3.50. The van der Waals surface area contributed by atoms with Gasteiger partial charge in [0.2, 0.25) is 0 Å². The summed E-state index contributed by atoms with van der Waals surface area (Å²) in [5, 5.41) is 6.98. The zero-order chi connectivity index (χ0) is 12.3. The smallest absolute Gasteiger partial charge is 0.113 e. The maximum Gasteiger partial charge on any atom is 0.113 e. The van der Waals surface area contributed by atoms with Crippen molar-refractivity contribution < 1.29 is 4.74 Å². The van der Waals surface area contributed by atoms with Gasteiger partial charge >= 0.3 is 0 Å². The van der Waals surface area contributed by atoms with E-state index >= 15 is 0 Å². The van der Waals surface area contributed by atoms with Crippen molar-refractivity contribution in [1.29, 1.82) is 0 Å². The van der Waals surface area contributed by atoms with Crippen LogP contribution in [-0.4, -0.2) is 25.2 Å². The first kappa shape index (κ1) is 13.0. The molecule has 4 heteroatoms. The van der Waals surface area contributed by atoms with E-state index in [1.807, 2.05) is 0 Å². The van der Waals surface area contributed by atoms with Crippen LogP contribution in [0.4, 0.5) is 0 Å². The first-order valence-corrected chi connectivity index (χ1v) is 7.18. The average Bonchev–Trinajstić information content (AvgIpc) is 2.97. The summed E-state index contributed by atoms with van der Waals surface area (Å²) in [6, 6.07) is 0. The minimum atomic E-state index is 0.0264. The molecular weight excluding hydrogens is 232 g/mol. The number of nitrogens with zero attached hydrogens (tertiary/aromatic N) is 1. The summed E-state index contributed by atoms with van der Waals surface area (Å²) >= 11 is 1.77. The lowest BCUT2D eigenvalue weighted by Crippen LogP contribution is -2.41. The number of hydrogen-bond acceptors (Lipinski definition) is 4. The number of aryl methyl sites for hydroxylation is 1. The van der Waals surface area contributed by atoms with E-state index in [0.717, 1.165) is 24.8 Å². The lowest BCUT2D eigenvalue weighted by Gasteiger charge is -2.29. The predicted octanol–water partition coefficient (Wildman–Crippen LogP) is 2.70. The van der Waals surface area contributed by atoms with Gasteiger partial charge in [0.1, 0.15) is 5.01 Å². The van der Waals surface area contributed by atoms with Crippen LogP contribution in [0.5, 0.6) is 0 Å². The van der Waals surface area contributed by atoms with Crippen molar-refractivity contribution >= 4 is 11.3 Å². The van der Waals surface area contributed by atoms with Gasteiger partial charge in [-0.05, 0) is 26.2 Å². The van der Waals surface area contributed by atoms with Gasteiger partial charge in [0.05, 0.1) is 12.1 Å². The van der Waals surface area contributed by atoms with Crippen LogP contribution in [0, 0.1) is 12.8 Å². The minimum Gasteiger partial charge on any atom is -0.383 e. The molecule has 17 heavy (non-hydrogen) atoms. The second-order valence-corrected chi connectivity index (χ2v) is 6.05. The van der Waals surface area contributed by atoms with Crippen molar-refractivity contribution in [2.24, 2.45) is 5.92 Å². The number of hydrogen-bond donors (Lipinski definition) is 1. The molecule has 1 aromatic heterocycles. The van der Waals surface area contributed by atoms with E-state index in [1.54, 1.807) is 18.4 Å². The van der Waals surface area contributed by atoms with E-state index in [1.165, 1.54) is 24.3 Å². The number of ether oxygens (including phenoxy) is 1. The lowest BCUT2D eigenvalue weighted by atomic mass is 9.95. The molecule has 0 spiro atoms. The normalized spacial score (nSPS) is 19.2. The van der Waals surface area contributed by atoms with Crippen molar-refractivity contribution in [2.45, 2.75) is 38.6 Å². The number of methoxy groups -OCH3 is 1.